The van der Waals surface area contributed by atoms with Crippen LogP contribution in [0.5, 0.6) is 0 Å². The van der Waals surface area contributed by atoms with Crippen LogP contribution in [0.3, 0.4) is 0 Å². The molecule has 0 aromatic heterocycles. The first-order chi connectivity index (χ1) is 28.4. The van der Waals surface area contributed by atoms with E-state index in [0.29, 0.717) is 23.9 Å². The molecule has 0 bridgehead atoms. The number of allylic oxidation sites excluding steroid dienone is 7. The summed E-state index contributed by atoms with van der Waals surface area (Å²) in [5.74, 6) is -0.877. The van der Waals surface area contributed by atoms with E-state index in [1.165, 1.54) is 83.5 Å². The molecule has 0 heterocycles. The molecule has 2 N–H and O–H groups in total. The molecule has 0 fully saturated rings. The topological polar surface area (TPSA) is 129 Å². The highest BCUT2D eigenvalue weighted by Crippen LogP contribution is 2.43. The van der Waals surface area contributed by atoms with Gasteiger partial charge in [-0.1, -0.05) is 165 Å². The Morgan fingerprint density at radius 2 is 1.17 bits per heavy atom. The molecule has 0 aliphatic rings. The van der Waals surface area contributed by atoms with E-state index in [1.54, 1.807) is 0 Å². The summed E-state index contributed by atoms with van der Waals surface area (Å²) in [5.41, 5.74) is 0. The number of aliphatic hydroxyl groups is 1. The number of carbonyl (C=O) groups excluding carboxylic acids is 2. The molecule has 0 rings (SSSR count). The van der Waals surface area contributed by atoms with Crippen LogP contribution in [-0.4, -0.2) is 86.1 Å². The van der Waals surface area contributed by atoms with E-state index < -0.39 is 38.6 Å². The summed E-state index contributed by atoms with van der Waals surface area (Å²) in [4.78, 5) is 35.4. The van der Waals surface area contributed by atoms with Crippen molar-refractivity contribution in [2.24, 2.45) is 0 Å². The summed E-state index contributed by atoms with van der Waals surface area (Å²) in [6, 6.07) is 0. The molecule has 0 saturated carbocycles. The Morgan fingerprint density at radius 3 is 1.75 bits per heavy atom. The maximum absolute atomic E-state index is 12.7. The molecule has 11 heteroatoms. The molecular formula is C48H89NO9P+. The molecule has 10 nitrogen and oxygen atoms in total. The van der Waals surface area contributed by atoms with Crippen LogP contribution in [0.2, 0.25) is 0 Å². The monoisotopic (exact) mass is 855 g/mol. The molecule has 0 amide bonds. The first-order valence-electron chi connectivity index (χ1n) is 23.5. The molecule has 0 spiro atoms. The predicted octanol–water partition coefficient (Wildman–Crippen LogP) is 12.4. The number of hydrogen-bond acceptors (Lipinski definition) is 8. The molecule has 0 saturated heterocycles. The van der Waals surface area contributed by atoms with Crippen molar-refractivity contribution in [3.8, 4) is 0 Å². The third-order valence-corrected chi connectivity index (χ3v) is 10.9. The summed E-state index contributed by atoms with van der Waals surface area (Å²) >= 11 is 0. The van der Waals surface area contributed by atoms with Crippen LogP contribution >= 0.6 is 7.82 Å². The third kappa shape index (κ3) is 43.8. The van der Waals surface area contributed by atoms with Crippen molar-refractivity contribution in [3.63, 3.8) is 0 Å². The van der Waals surface area contributed by atoms with E-state index in [0.717, 1.165) is 64.2 Å². The standard InChI is InChI=1S/C48H88NO9P/c1-6-8-10-12-14-15-16-17-18-19-20-21-22-23-24-25-27-31-35-39-47(51)55-43-46(44-57-59(53,54)56-42-41-49(3,4)5)58-48(52)40-36-32-28-30-34-38-45(50)37-33-29-26-13-11-9-7-2/h9,11,17-18,26,29,33,37,45-46,50H,6-8,10,12-16,19-25,27-28,30-32,34-36,38-44H2,1-5H3/p+1/b11-9+,18-17-,29-26+,37-33+/t45?,46-/m1/s1. The maximum atomic E-state index is 12.7. The number of hydrogen-bond donors (Lipinski definition) is 2. The lowest BCUT2D eigenvalue weighted by Crippen LogP contribution is -2.37. The van der Waals surface area contributed by atoms with E-state index in [-0.39, 0.29) is 26.1 Å². The lowest BCUT2D eigenvalue weighted by atomic mass is 10.1. The van der Waals surface area contributed by atoms with Gasteiger partial charge in [0, 0.05) is 12.8 Å². The van der Waals surface area contributed by atoms with E-state index in [9.17, 15) is 24.2 Å². The van der Waals surface area contributed by atoms with Gasteiger partial charge in [0.2, 0.25) is 0 Å². The second kappa shape index (κ2) is 40.0. The Kier molecular flexibility index (Phi) is 38.6. The minimum absolute atomic E-state index is 0.0121. The Labute approximate surface area is 361 Å². The highest BCUT2D eigenvalue weighted by Gasteiger charge is 2.27. The number of phosphoric acid groups is 1. The SMILES string of the molecule is CC/C=C/C/C=C/C=C/C(O)CCCCCCCC(=O)O[C@H](COC(=O)CCCCCCCCCCC/C=C\CCCCCCCC)COP(=O)(O)OCC[N+](C)(C)C. The minimum Gasteiger partial charge on any atom is -0.462 e. The van der Waals surface area contributed by atoms with Crippen LogP contribution in [0, 0.1) is 0 Å². The molecular weight excluding hydrogens is 766 g/mol. The number of nitrogens with zero attached hydrogens (tertiary/aromatic N) is 1. The number of unbranched alkanes of at least 4 members (excludes halogenated alkanes) is 19. The van der Waals surface area contributed by atoms with Crippen LogP contribution in [0.15, 0.2) is 48.6 Å². The fourth-order valence-electron chi connectivity index (χ4n) is 6.25. The normalized spacial score (nSPS) is 14.5. The molecule has 59 heavy (non-hydrogen) atoms. The number of quaternary nitrogens is 1. The molecule has 2 unspecified atom stereocenters. The number of carbonyl (C=O) groups is 2. The van der Waals surface area contributed by atoms with Crippen molar-refractivity contribution < 1.29 is 47.2 Å². The molecule has 0 aliphatic heterocycles. The van der Waals surface area contributed by atoms with Crippen LogP contribution in [-0.2, 0) is 32.7 Å². The Morgan fingerprint density at radius 1 is 0.627 bits per heavy atom. The fraction of sp³-hybridized carbons (Fsp3) is 0.792. The van der Waals surface area contributed by atoms with E-state index in [2.05, 4.69) is 44.2 Å². The Balaban J connectivity index is 4.38. The summed E-state index contributed by atoms with van der Waals surface area (Å²) in [6.45, 7) is 4.18. The van der Waals surface area contributed by atoms with Crippen LogP contribution in [0.25, 0.3) is 0 Å². The second-order valence-electron chi connectivity index (χ2n) is 17.0. The van der Waals surface area contributed by atoms with Gasteiger partial charge in [0.1, 0.15) is 19.8 Å². The van der Waals surface area contributed by atoms with Crippen molar-refractivity contribution in [3.05, 3.63) is 48.6 Å². The van der Waals surface area contributed by atoms with Gasteiger partial charge in [-0.2, -0.15) is 0 Å². The van der Waals surface area contributed by atoms with Crippen molar-refractivity contribution in [1.29, 1.82) is 0 Å². The van der Waals surface area contributed by atoms with Crippen LogP contribution in [0.4, 0.5) is 0 Å². The third-order valence-electron chi connectivity index (χ3n) is 9.95. The first-order valence-corrected chi connectivity index (χ1v) is 25.0. The van der Waals surface area contributed by atoms with Crippen LogP contribution < -0.4 is 0 Å². The molecule has 0 aromatic carbocycles. The van der Waals surface area contributed by atoms with E-state index >= 15 is 0 Å². The van der Waals surface area contributed by atoms with E-state index in [4.69, 9.17) is 18.5 Å². The smallest absolute Gasteiger partial charge is 0.462 e. The van der Waals surface area contributed by atoms with Gasteiger partial charge < -0.3 is 24.0 Å². The zero-order valence-corrected chi connectivity index (χ0v) is 39.2. The van der Waals surface area contributed by atoms with Gasteiger partial charge in [0.05, 0.1) is 33.9 Å². The minimum atomic E-state index is -4.40. The second-order valence-corrected chi connectivity index (χ2v) is 18.4. The number of esters is 2. The lowest BCUT2D eigenvalue weighted by molar-refractivity contribution is -0.870. The lowest BCUT2D eigenvalue weighted by Gasteiger charge is -2.24. The quantitative estimate of drug-likeness (QED) is 0.0154. The Bertz CT molecular complexity index is 1160. The summed E-state index contributed by atoms with van der Waals surface area (Å²) in [7, 11) is 1.41. The number of aliphatic hydroxyl groups excluding tert-OH is 1. The molecule has 344 valence electrons. The van der Waals surface area contributed by atoms with Gasteiger partial charge in [-0.25, -0.2) is 4.57 Å². The number of phosphoric ester groups is 1. The number of ether oxygens (including phenoxy) is 2. The average Bonchev–Trinajstić information content (AvgIpc) is 3.18. The average molecular weight is 855 g/mol. The molecule has 3 atom stereocenters. The summed E-state index contributed by atoms with van der Waals surface area (Å²) in [6.07, 6.45) is 43.2. The van der Waals surface area contributed by atoms with Crippen LogP contribution in [0.1, 0.15) is 187 Å². The van der Waals surface area contributed by atoms with Gasteiger partial charge in [-0.3, -0.25) is 18.6 Å². The summed E-state index contributed by atoms with van der Waals surface area (Å²) < 4.78 is 34.3. The predicted molar refractivity (Wildman–Crippen MR) is 244 cm³/mol. The number of likely N-dealkylation sites (N-methyl/N-ethyl adjacent to an activating group) is 1. The maximum Gasteiger partial charge on any atom is 0.472 e. The molecule has 0 aromatic rings. The Hall–Kier alpha value is -2.07. The van der Waals surface area contributed by atoms with Crippen molar-refractivity contribution in [2.75, 3.05) is 47.5 Å². The van der Waals surface area contributed by atoms with Gasteiger partial charge in [0.15, 0.2) is 6.10 Å². The molecule has 0 aliphatic carbocycles. The van der Waals surface area contributed by atoms with Crippen molar-refractivity contribution in [1.82, 2.24) is 0 Å². The van der Waals surface area contributed by atoms with Crippen molar-refractivity contribution >= 4 is 19.8 Å². The van der Waals surface area contributed by atoms with Gasteiger partial charge >= 0.3 is 19.8 Å². The van der Waals surface area contributed by atoms with E-state index in [1.807, 2.05) is 39.4 Å². The van der Waals surface area contributed by atoms with Gasteiger partial charge in [-0.15, -0.1) is 0 Å². The van der Waals surface area contributed by atoms with Gasteiger partial charge in [0.25, 0.3) is 0 Å². The molecule has 0 radical (unpaired) electrons. The number of rotatable bonds is 42. The van der Waals surface area contributed by atoms with Crippen molar-refractivity contribution in [2.45, 2.75) is 199 Å². The largest absolute Gasteiger partial charge is 0.472 e. The highest BCUT2D eigenvalue weighted by atomic mass is 31.2. The zero-order chi connectivity index (χ0) is 43.7. The fourth-order valence-corrected chi connectivity index (χ4v) is 6.99. The van der Waals surface area contributed by atoms with Gasteiger partial charge in [-0.05, 0) is 57.8 Å². The summed E-state index contributed by atoms with van der Waals surface area (Å²) in [5, 5.41) is 10.2. The zero-order valence-electron chi connectivity index (χ0n) is 38.3. The highest BCUT2D eigenvalue weighted by molar-refractivity contribution is 7.47. The first kappa shape index (κ1) is 56.9.